The number of benzene rings is 1. The van der Waals surface area contributed by atoms with E-state index < -0.39 is 58.0 Å². The van der Waals surface area contributed by atoms with Crippen molar-refractivity contribution in [3.8, 4) is 5.75 Å². The number of amides is 1. The lowest BCUT2D eigenvalue weighted by atomic mass is 9.57. The molecule has 39 heavy (non-hydrogen) atoms. The number of aliphatic hydroxyl groups excluding tert-OH is 2. The van der Waals surface area contributed by atoms with Gasteiger partial charge in [0, 0.05) is 30.3 Å². The smallest absolute Gasteiger partial charge is 0.255 e. The summed E-state index contributed by atoms with van der Waals surface area (Å²) in [4.78, 5) is 44.0. The van der Waals surface area contributed by atoms with Gasteiger partial charge in [-0.05, 0) is 62.4 Å². The van der Waals surface area contributed by atoms with E-state index in [9.17, 15) is 34.8 Å². The number of hydrogen-bond donors (Lipinski definition) is 5. The Balaban J connectivity index is 1.51. The van der Waals surface area contributed by atoms with E-state index in [1.165, 1.54) is 6.07 Å². The van der Waals surface area contributed by atoms with Crippen LogP contribution < -0.4 is 10.6 Å². The zero-order valence-corrected chi connectivity index (χ0v) is 21.6. The van der Waals surface area contributed by atoms with Crippen LogP contribution in [0.1, 0.15) is 36.8 Å². The Morgan fingerprint density at radius 2 is 1.72 bits per heavy atom. The van der Waals surface area contributed by atoms with E-state index in [1.54, 1.807) is 6.07 Å². The summed E-state index contributed by atoms with van der Waals surface area (Å²) in [7, 11) is 0. The first-order valence-electron chi connectivity index (χ1n) is 13.6. The minimum absolute atomic E-state index is 0.0995. The molecule has 1 saturated carbocycles. The molecule has 5 aliphatic rings. The lowest BCUT2D eigenvalue weighted by Gasteiger charge is -2.52. The predicted molar refractivity (Wildman–Crippen MR) is 139 cm³/mol. The molecule has 4 atom stereocenters. The first-order valence-corrected chi connectivity index (χ1v) is 13.6. The molecule has 2 heterocycles. The normalized spacial score (nSPS) is 31.6. The molecule has 6 N–H and O–H groups in total. The van der Waals surface area contributed by atoms with Gasteiger partial charge in [-0.3, -0.25) is 19.3 Å². The maximum absolute atomic E-state index is 14.1. The standard InChI is InChI=1S/C28H33N3O8/c29-27(37)21-24(34)22(31-6-2-1-3-7-31)16-13-14-12-15-17(30-8-10-39-11-9-30)4-5-18(32)20(15)23(33)19(14)25(35)28(16,38)26(21)36/h4-5,14,16,22,32-33,36,38H,1-3,6-13H2,(H2,29,37). The molecular formula is C28H33N3O8. The molecular weight excluding hydrogens is 506 g/mol. The molecule has 2 aliphatic heterocycles. The summed E-state index contributed by atoms with van der Waals surface area (Å²) in [6.07, 6.45) is 2.98. The van der Waals surface area contributed by atoms with E-state index in [2.05, 4.69) is 4.90 Å². The van der Waals surface area contributed by atoms with Crippen LogP contribution in [0.5, 0.6) is 5.75 Å². The second kappa shape index (κ2) is 9.35. The molecule has 0 bridgehead atoms. The number of nitrogens with zero attached hydrogens (tertiary/aromatic N) is 2. The first-order chi connectivity index (χ1) is 18.7. The van der Waals surface area contributed by atoms with Gasteiger partial charge in [-0.1, -0.05) is 6.42 Å². The second-order valence-corrected chi connectivity index (χ2v) is 11.2. The number of piperidine rings is 1. The van der Waals surface area contributed by atoms with Gasteiger partial charge in [0.15, 0.2) is 11.4 Å². The minimum atomic E-state index is -2.62. The average molecular weight is 540 g/mol. The monoisotopic (exact) mass is 539 g/mol. The molecule has 208 valence electrons. The first kappa shape index (κ1) is 25.8. The number of ketones is 2. The molecule has 1 aromatic carbocycles. The summed E-state index contributed by atoms with van der Waals surface area (Å²) < 4.78 is 5.48. The van der Waals surface area contributed by atoms with Crippen LogP contribution in [0.4, 0.5) is 5.69 Å². The van der Waals surface area contributed by atoms with Gasteiger partial charge in [-0.25, -0.2) is 0 Å². The van der Waals surface area contributed by atoms with Gasteiger partial charge >= 0.3 is 0 Å². The van der Waals surface area contributed by atoms with E-state index in [1.807, 2.05) is 4.90 Å². The highest BCUT2D eigenvalue weighted by atomic mass is 16.5. The number of Topliss-reactive ketones (excluding diaryl/α,β-unsaturated/α-hetero) is 2. The van der Waals surface area contributed by atoms with Crippen LogP contribution >= 0.6 is 0 Å². The molecule has 1 aromatic rings. The number of primary amides is 1. The molecule has 2 saturated heterocycles. The third kappa shape index (κ3) is 3.70. The summed E-state index contributed by atoms with van der Waals surface area (Å²) in [6.45, 7) is 3.41. The number of hydrogen-bond acceptors (Lipinski definition) is 10. The van der Waals surface area contributed by atoms with Crippen LogP contribution in [-0.4, -0.2) is 93.8 Å². The van der Waals surface area contributed by atoms with Crippen molar-refractivity contribution in [3.05, 3.63) is 40.2 Å². The highest BCUT2D eigenvalue weighted by Crippen LogP contribution is 2.54. The largest absolute Gasteiger partial charge is 0.508 e. The molecule has 6 rings (SSSR count). The van der Waals surface area contributed by atoms with Gasteiger partial charge in [0.25, 0.3) is 5.91 Å². The summed E-state index contributed by atoms with van der Waals surface area (Å²) in [5, 5.41) is 45.2. The minimum Gasteiger partial charge on any atom is -0.508 e. The Kier molecular flexibility index (Phi) is 6.20. The number of phenols is 1. The Morgan fingerprint density at radius 3 is 2.38 bits per heavy atom. The average Bonchev–Trinajstić information content (AvgIpc) is 2.92. The lowest BCUT2D eigenvalue weighted by molar-refractivity contribution is -0.155. The second-order valence-electron chi connectivity index (χ2n) is 11.2. The van der Waals surface area contributed by atoms with Crippen molar-refractivity contribution in [1.29, 1.82) is 0 Å². The third-order valence-corrected chi connectivity index (χ3v) is 9.16. The van der Waals surface area contributed by atoms with Crippen LogP contribution in [0.2, 0.25) is 0 Å². The van der Waals surface area contributed by atoms with Crippen molar-refractivity contribution in [2.24, 2.45) is 17.6 Å². The van der Waals surface area contributed by atoms with Crippen molar-refractivity contribution in [1.82, 2.24) is 4.90 Å². The maximum atomic E-state index is 14.1. The topological polar surface area (TPSA) is 174 Å². The number of ether oxygens (including phenoxy) is 1. The quantitative estimate of drug-likeness (QED) is 0.345. The van der Waals surface area contributed by atoms with Crippen LogP contribution in [0.3, 0.4) is 0 Å². The number of anilines is 1. The lowest BCUT2D eigenvalue weighted by Crippen LogP contribution is -2.67. The van der Waals surface area contributed by atoms with Gasteiger partial charge in [0.2, 0.25) is 5.78 Å². The van der Waals surface area contributed by atoms with Crippen molar-refractivity contribution in [2.75, 3.05) is 44.3 Å². The summed E-state index contributed by atoms with van der Waals surface area (Å²) in [5.74, 6) is -6.26. The number of carbonyl (C=O) groups excluding carboxylic acids is 3. The van der Waals surface area contributed by atoms with Gasteiger partial charge in [0.05, 0.1) is 24.8 Å². The fraction of sp³-hybridized carbons (Fsp3) is 0.536. The Bertz CT molecular complexity index is 1320. The molecule has 0 spiro atoms. The highest BCUT2D eigenvalue weighted by Gasteiger charge is 2.64. The zero-order chi connectivity index (χ0) is 27.6. The van der Waals surface area contributed by atoms with E-state index >= 15 is 0 Å². The number of aliphatic hydroxyl groups is 3. The molecule has 3 fully saturated rings. The van der Waals surface area contributed by atoms with Crippen LogP contribution in [0, 0.1) is 11.8 Å². The Labute approximate surface area is 225 Å². The van der Waals surface area contributed by atoms with Crippen LogP contribution in [-0.2, 0) is 25.5 Å². The zero-order valence-electron chi connectivity index (χ0n) is 21.6. The number of likely N-dealkylation sites (tertiary alicyclic amines) is 1. The highest BCUT2D eigenvalue weighted by molar-refractivity contribution is 6.24. The van der Waals surface area contributed by atoms with Crippen LogP contribution in [0.25, 0.3) is 5.76 Å². The number of rotatable bonds is 3. The number of phenolic OH excluding ortho intramolecular Hbond substituents is 1. The maximum Gasteiger partial charge on any atom is 0.255 e. The fourth-order valence-corrected chi connectivity index (χ4v) is 7.35. The van der Waals surface area contributed by atoms with E-state index in [0.29, 0.717) is 45.0 Å². The van der Waals surface area contributed by atoms with Gasteiger partial charge in [-0.15, -0.1) is 0 Å². The summed E-state index contributed by atoms with van der Waals surface area (Å²) in [5.41, 5.74) is 3.56. The fourth-order valence-electron chi connectivity index (χ4n) is 7.35. The predicted octanol–water partition coefficient (Wildman–Crippen LogP) is 0.725. The number of aromatic hydroxyl groups is 1. The molecule has 0 aromatic heterocycles. The number of fused-ring (bicyclic) bond motifs is 3. The third-order valence-electron chi connectivity index (χ3n) is 9.16. The summed E-state index contributed by atoms with van der Waals surface area (Å²) in [6, 6.07) is 2.22. The van der Waals surface area contributed by atoms with Gasteiger partial charge < -0.3 is 35.8 Å². The Morgan fingerprint density at radius 1 is 1.03 bits per heavy atom. The molecule has 1 amide bonds. The number of morpholine rings is 1. The van der Waals surface area contributed by atoms with Crippen LogP contribution in [0.15, 0.2) is 29.0 Å². The molecule has 11 nitrogen and oxygen atoms in total. The van der Waals surface area contributed by atoms with E-state index in [4.69, 9.17) is 10.5 Å². The molecule has 0 radical (unpaired) electrons. The summed E-state index contributed by atoms with van der Waals surface area (Å²) >= 11 is 0. The van der Waals surface area contributed by atoms with Crippen molar-refractivity contribution in [2.45, 2.75) is 43.7 Å². The van der Waals surface area contributed by atoms with E-state index in [-0.39, 0.29) is 29.7 Å². The van der Waals surface area contributed by atoms with Crippen molar-refractivity contribution >= 4 is 28.9 Å². The SMILES string of the molecule is NC(=O)C1=C(O)C2(O)C(=O)C3=C(O)c4c(O)ccc(N5CCOCC5)c4CC3CC2C(N2CCCCC2)C1=O. The Hall–Kier alpha value is -3.41. The van der Waals surface area contributed by atoms with E-state index in [0.717, 1.165) is 24.9 Å². The van der Waals surface area contributed by atoms with Crippen molar-refractivity contribution in [3.63, 3.8) is 0 Å². The molecule has 4 unspecified atom stereocenters. The van der Waals surface area contributed by atoms with Gasteiger partial charge in [-0.2, -0.15) is 0 Å². The number of nitrogens with two attached hydrogens (primary N) is 1. The van der Waals surface area contributed by atoms with Crippen molar-refractivity contribution < 1.29 is 39.5 Å². The molecule has 11 heteroatoms. The van der Waals surface area contributed by atoms with Gasteiger partial charge in [0.1, 0.15) is 22.8 Å². The number of carbonyl (C=O) groups is 3. The molecule has 3 aliphatic carbocycles.